The molecule has 0 bridgehead atoms. The molecule has 0 N–H and O–H groups in total. The summed E-state index contributed by atoms with van der Waals surface area (Å²) in [5, 5.41) is 0.0978. The first-order valence-corrected chi connectivity index (χ1v) is 9.22. The van der Waals surface area contributed by atoms with Crippen LogP contribution in [0.3, 0.4) is 0 Å². The number of oxazole rings is 1. The molecule has 26 heavy (non-hydrogen) atoms. The van der Waals surface area contributed by atoms with Gasteiger partial charge in [-0.3, -0.25) is 4.79 Å². The van der Waals surface area contributed by atoms with Crippen LogP contribution in [-0.4, -0.2) is 17.6 Å². The smallest absolute Gasteiger partial charge is 0.311 e. The summed E-state index contributed by atoms with van der Waals surface area (Å²) < 4.78 is 24.8. The Morgan fingerprint density at radius 3 is 3.00 bits per heavy atom. The fourth-order valence-electron chi connectivity index (χ4n) is 3.49. The highest BCUT2D eigenvalue weighted by Gasteiger charge is 2.43. The lowest BCUT2D eigenvalue weighted by Gasteiger charge is -2.37. The van der Waals surface area contributed by atoms with Crippen molar-refractivity contribution in [2.45, 2.75) is 44.9 Å². The topological polar surface area (TPSA) is 52.3 Å². The Balaban J connectivity index is 1.99. The van der Waals surface area contributed by atoms with E-state index in [2.05, 4.69) is 18.3 Å². The normalized spacial score (nSPS) is 23.0. The van der Waals surface area contributed by atoms with Crippen LogP contribution in [0.2, 0.25) is 5.02 Å². The molecule has 1 aromatic carbocycles. The number of esters is 1. The monoisotopic (exact) mass is 378 g/mol. The summed E-state index contributed by atoms with van der Waals surface area (Å²) in [6.07, 6.45) is 6.02. The minimum atomic E-state index is -0.626. The molecular formula is C20H22ClFNO3. The number of halogens is 2. The highest BCUT2D eigenvalue weighted by atomic mass is 35.5. The third-order valence-electron chi connectivity index (χ3n) is 4.95. The number of hydrogen-bond acceptors (Lipinski definition) is 4. The predicted molar refractivity (Wildman–Crippen MR) is 96.3 cm³/mol. The van der Waals surface area contributed by atoms with Crippen LogP contribution in [0.5, 0.6) is 0 Å². The van der Waals surface area contributed by atoms with Gasteiger partial charge in [0.05, 0.1) is 29.2 Å². The maximum Gasteiger partial charge on any atom is 0.311 e. The zero-order valence-electron chi connectivity index (χ0n) is 14.9. The summed E-state index contributed by atoms with van der Waals surface area (Å²) >= 11 is 6.30. The fraction of sp³-hybridized carbons (Fsp3) is 0.450. The summed E-state index contributed by atoms with van der Waals surface area (Å²) in [4.78, 5) is 16.2. The van der Waals surface area contributed by atoms with E-state index in [0.29, 0.717) is 36.1 Å². The Kier molecular flexibility index (Phi) is 5.66. The minimum absolute atomic E-state index is 0.0461. The molecule has 1 aromatic heterocycles. The van der Waals surface area contributed by atoms with Gasteiger partial charge in [-0.25, -0.2) is 9.37 Å². The Morgan fingerprint density at radius 1 is 1.50 bits per heavy atom. The summed E-state index contributed by atoms with van der Waals surface area (Å²) in [6.45, 7) is 4.23. The molecule has 1 aliphatic rings. The third kappa shape index (κ3) is 3.63. The van der Waals surface area contributed by atoms with Crippen molar-refractivity contribution >= 4 is 17.6 Å². The molecule has 0 saturated heterocycles. The average molecular weight is 379 g/mol. The van der Waals surface area contributed by atoms with E-state index in [1.807, 2.05) is 6.07 Å². The molecule has 2 atom stereocenters. The van der Waals surface area contributed by atoms with Crippen molar-refractivity contribution in [2.75, 3.05) is 6.61 Å². The molecule has 1 radical (unpaired) electrons. The molecule has 1 aliphatic carbocycles. The van der Waals surface area contributed by atoms with Crippen LogP contribution in [0.15, 0.2) is 28.9 Å². The van der Waals surface area contributed by atoms with Crippen LogP contribution in [0.4, 0.5) is 4.39 Å². The predicted octanol–water partition coefficient (Wildman–Crippen LogP) is 4.88. The molecule has 3 rings (SSSR count). The molecule has 0 amide bonds. The zero-order valence-corrected chi connectivity index (χ0v) is 15.7. The van der Waals surface area contributed by atoms with Crippen molar-refractivity contribution in [1.29, 1.82) is 0 Å². The highest BCUT2D eigenvalue weighted by molar-refractivity contribution is 6.31. The number of ether oxygens (including phenoxy) is 1. The first-order valence-electron chi connectivity index (χ1n) is 8.84. The lowest BCUT2D eigenvalue weighted by molar-refractivity contribution is -0.142. The van der Waals surface area contributed by atoms with Gasteiger partial charge in [0.2, 0.25) is 5.89 Å². The SMILES string of the molecule is CCOC(=O)Cc1coc(C2(c3cccc(F)c3Cl)C[CH]C(C)CC2)n1. The number of carbonyl (C=O) groups excluding carboxylic acids is 1. The Labute approximate surface area is 157 Å². The van der Waals surface area contributed by atoms with Crippen LogP contribution < -0.4 is 0 Å². The van der Waals surface area contributed by atoms with Crippen molar-refractivity contribution in [1.82, 2.24) is 4.98 Å². The van der Waals surface area contributed by atoms with Crippen LogP contribution in [0.1, 0.15) is 50.3 Å². The Bertz CT molecular complexity index is 781. The average Bonchev–Trinajstić information content (AvgIpc) is 3.07. The van der Waals surface area contributed by atoms with Crippen LogP contribution in [0, 0.1) is 18.2 Å². The molecule has 1 saturated carbocycles. The highest BCUT2D eigenvalue weighted by Crippen LogP contribution is 2.48. The molecule has 0 aliphatic heterocycles. The van der Waals surface area contributed by atoms with E-state index in [9.17, 15) is 9.18 Å². The van der Waals surface area contributed by atoms with Gasteiger partial charge in [0.1, 0.15) is 12.1 Å². The summed E-state index contributed by atoms with van der Waals surface area (Å²) in [5.41, 5.74) is 0.550. The summed E-state index contributed by atoms with van der Waals surface area (Å²) in [6, 6.07) is 4.82. The number of rotatable bonds is 5. The fourth-order valence-corrected chi connectivity index (χ4v) is 3.80. The van der Waals surface area contributed by atoms with Crippen molar-refractivity contribution in [2.24, 2.45) is 5.92 Å². The van der Waals surface area contributed by atoms with Gasteiger partial charge in [-0.1, -0.05) is 30.7 Å². The first-order chi connectivity index (χ1) is 12.5. The zero-order chi connectivity index (χ0) is 18.7. The van der Waals surface area contributed by atoms with Gasteiger partial charge in [0.25, 0.3) is 0 Å². The van der Waals surface area contributed by atoms with Gasteiger partial charge < -0.3 is 9.15 Å². The number of benzene rings is 1. The lowest BCUT2D eigenvalue weighted by Crippen LogP contribution is -2.34. The van der Waals surface area contributed by atoms with Crippen LogP contribution in [0.25, 0.3) is 0 Å². The molecule has 2 unspecified atom stereocenters. The van der Waals surface area contributed by atoms with E-state index in [4.69, 9.17) is 20.8 Å². The first kappa shape index (κ1) is 18.9. The van der Waals surface area contributed by atoms with Crippen molar-refractivity contribution in [3.63, 3.8) is 0 Å². The van der Waals surface area contributed by atoms with Gasteiger partial charge >= 0.3 is 5.97 Å². The van der Waals surface area contributed by atoms with Crippen molar-refractivity contribution < 1.29 is 18.3 Å². The molecular weight excluding hydrogens is 357 g/mol. The third-order valence-corrected chi connectivity index (χ3v) is 5.34. The van der Waals surface area contributed by atoms with Crippen LogP contribution >= 0.6 is 11.6 Å². The van der Waals surface area contributed by atoms with Crippen LogP contribution in [-0.2, 0) is 21.4 Å². The van der Waals surface area contributed by atoms with E-state index in [-0.39, 0.29) is 17.4 Å². The molecule has 139 valence electrons. The lowest BCUT2D eigenvalue weighted by atomic mass is 9.66. The molecule has 0 spiro atoms. The number of hydrogen-bond donors (Lipinski definition) is 0. The minimum Gasteiger partial charge on any atom is -0.466 e. The largest absolute Gasteiger partial charge is 0.466 e. The van der Waals surface area contributed by atoms with Gasteiger partial charge in [-0.15, -0.1) is 0 Å². The summed E-state index contributed by atoms with van der Waals surface area (Å²) in [5.74, 6) is 0.117. The van der Waals surface area contributed by atoms with E-state index in [1.54, 1.807) is 13.0 Å². The Morgan fingerprint density at radius 2 is 2.31 bits per heavy atom. The Hall–Kier alpha value is -1.88. The molecule has 1 fully saturated rings. The van der Waals surface area contributed by atoms with Crippen molar-refractivity contribution in [3.05, 3.63) is 58.9 Å². The summed E-state index contributed by atoms with van der Waals surface area (Å²) in [7, 11) is 0. The van der Waals surface area contributed by atoms with E-state index < -0.39 is 11.2 Å². The molecule has 1 heterocycles. The maximum atomic E-state index is 14.1. The number of nitrogens with zero attached hydrogens (tertiary/aromatic N) is 1. The van der Waals surface area contributed by atoms with E-state index >= 15 is 0 Å². The molecule has 2 aromatic rings. The molecule has 4 nitrogen and oxygen atoms in total. The number of aromatic nitrogens is 1. The standard InChI is InChI=1S/C20H22ClFNO3/c1-3-25-17(24)11-14-12-26-19(23-14)20(9-7-13(2)8-10-20)15-5-4-6-16(22)18(15)21/h4-7,12-13H,3,8-11H2,1-2H3. The van der Waals surface area contributed by atoms with Gasteiger partial charge in [0.15, 0.2) is 0 Å². The molecule has 6 heteroatoms. The quantitative estimate of drug-likeness (QED) is 0.695. The van der Waals surface area contributed by atoms with Gasteiger partial charge in [0, 0.05) is 0 Å². The number of carbonyl (C=O) groups is 1. The van der Waals surface area contributed by atoms with Crippen molar-refractivity contribution in [3.8, 4) is 0 Å². The van der Waals surface area contributed by atoms with E-state index in [0.717, 1.165) is 12.8 Å². The second kappa shape index (κ2) is 7.78. The van der Waals surface area contributed by atoms with E-state index in [1.165, 1.54) is 12.3 Å². The second-order valence-corrected chi connectivity index (χ2v) is 7.14. The maximum absolute atomic E-state index is 14.1. The second-order valence-electron chi connectivity index (χ2n) is 6.77. The van der Waals surface area contributed by atoms with Gasteiger partial charge in [-0.2, -0.15) is 0 Å². The van der Waals surface area contributed by atoms with Gasteiger partial charge in [-0.05, 0) is 50.2 Å².